The number of carbonyl (C=O) groups excluding carboxylic acids is 2. The second-order valence-corrected chi connectivity index (χ2v) is 22.4. The van der Waals surface area contributed by atoms with E-state index in [2.05, 4.69) is 37.6 Å². The van der Waals surface area contributed by atoms with Gasteiger partial charge in [-0.15, -0.1) is 0 Å². The van der Waals surface area contributed by atoms with Crippen molar-refractivity contribution in [2.75, 3.05) is 62.4 Å². The average molecular weight is 1080 g/mol. The van der Waals surface area contributed by atoms with E-state index >= 15 is 8.78 Å². The molecule has 4 aromatic carbocycles. The van der Waals surface area contributed by atoms with Crippen molar-refractivity contribution >= 4 is 57.4 Å². The molecule has 0 radical (unpaired) electrons. The standard InChI is InChI=1S/C59H68F2N10O8/c60-41-32-40(33-42(61)53(41)68-24-16-35(17-25-68)34-6-2-1-3-7-34)71-47(38-10-12-43-45(30-38)64-54(62-43)49-8-4-22-69(49)56(72)51(66-58(74)75)36-18-26-78-27-19-36)14-15-48(71)39-11-13-44-46(31-39)65-55(63-44)50-9-5-23-70(50)57(73)52(67-59(76)77)37-20-28-79-29-21-37/h1-3,6-7,10-13,30-33,35-37,47-52,66-67H,4-5,8-9,14-29H2,(H,62,64)(H,63,65)(H,74,75)(H,76,77)/t47-,48+,49?,50?,51-,52?/m0/s1. The Kier molecular flexibility index (Phi) is 14.9. The van der Waals surface area contributed by atoms with Crippen molar-refractivity contribution in [2.24, 2.45) is 11.8 Å². The number of amides is 4. The molecule has 6 aliphatic heterocycles. The molecule has 6 fully saturated rings. The summed E-state index contributed by atoms with van der Waals surface area (Å²) >= 11 is 0. The van der Waals surface area contributed by atoms with E-state index in [1.165, 1.54) is 17.7 Å². The van der Waals surface area contributed by atoms with Gasteiger partial charge in [0.2, 0.25) is 11.8 Å². The molecule has 0 saturated carbocycles. The molecule has 0 aliphatic carbocycles. The van der Waals surface area contributed by atoms with Gasteiger partial charge in [0.1, 0.15) is 29.4 Å². The molecule has 18 nitrogen and oxygen atoms in total. The fourth-order valence-electron chi connectivity index (χ4n) is 13.9. The van der Waals surface area contributed by atoms with E-state index in [0.717, 1.165) is 47.8 Å². The number of likely N-dealkylation sites (tertiary alicyclic amines) is 2. The fraction of sp³-hybridized carbons (Fsp3) is 0.492. The summed E-state index contributed by atoms with van der Waals surface area (Å²) < 4.78 is 44.8. The maximum atomic E-state index is 16.9. The van der Waals surface area contributed by atoms with Crippen LogP contribution < -0.4 is 20.4 Å². The Morgan fingerprint density at radius 1 is 0.557 bits per heavy atom. The van der Waals surface area contributed by atoms with Crippen molar-refractivity contribution in [1.29, 1.82) is 0 Å². The van der Waals surface area contributed by atoms with Gasteiger partial charge < -0.3 is 59.9 Å². The van der Waals surface area contributed by atoms with Gasteiger partial charge in [0.25, 0.3) is 0 Å². The van der Waals surface area contributed by atoms with Gasteiger partial charge in [0, 0.05) is 58.3 Å². The van der Waals surface area contributed by atoms with Crippen LogP contribution in [0.3, 0.4) is 0 Å². The monoisotopic (exact) mass is 1080 g/mol. The predicted molar refractivity (Wildman–Crippen MR) is 291 cm³/mol. The minimum Gasteiger partial charge on any atom is -0.465 e. The first-order chi connectivity index (χ1) is 38.4. The number of carboxylic acid groups (broad SMARTS) is 2. The number of benzene rings is 4. The van der Waals surface area contributed by atoms with Crippen LogP contribution in [-0.2, 0) is 19.1 Å². The van der Waals surface area contributed by atoms with Crippen LogP contribution in [0.5, 0.6) is 0 Å². The lowest BCUT2D eigenvalue weighted by Gasteiger charge is -2.36. The number of hydrogen-bond acceptors (Lipinski definition) is 10. The first-order valence-corrected chi connectivity index (χ1v) is 28.3. The maximum absolute atomic E-state index is 16.9. The van der Waals surface area contributed by atoms with Crippen molar-refractivity contribution in [3.05, 3.63) is 119 Å². The van der Waals surface area contributed by atoms with Gasteiger partial charge in [-0.25, -0.2) is 28.3 Å². The van der Waals surface area contributed by atoms with Crippen LogP contribution in [0.2, 0.25) is 0 Å². The first kappa shape index (κ1) is 52.4. The number of aromatic amines is 2. The molecule has 3 unspecified atom stereocenters. The number of nitrogens with zero attached hydrogens (tertiary/aromatic N) is 6. The molecule has 6 saturated heterocycles. The Morgan fingerprint density at radius 3 is 1.48 bits per heavy atom. The largest absolute Gasteiger partial charge is 0.465 e. The summed E-state index contributed by atoms with van der Waals surface area (Å²) in [4.78, 5) is 76.9. The molecule has 12 rings (SSSR count). The second kappa shape index (κ2) is 22.4. The molecule has 0 spiro atoms. The summed E-state index contributed by atoms with van der Waals surface area (Å²) in [6.45, 7) is 3.84. The summed E-state index contributed by atoms with van der Waals surface area (Å²) in [6.07, 6.45) is 5.45. The van der Waals surface area contributed by atoms with Crippen LogP contribution in [-0.4, -0.2) is 129 Å². The Morgan fingerprint density at radius 2 is 1.03 bits per heavy atom. The Labute approximate surface area is 456 Å². The third-order valence-electron chi connectivity index (χ3n) is 17.9. The molecule has 6 N–H and O–H groups in total. The molecular formula is C59H68F2N10O8. The van der Waals surface area contributed by atoms with Crippen LogP contribution in [0.4, 0.5) is 29.7 Å². The topological polar surface area (TPSA) is 222 Å². The van der Waals surface area contributed by atoms with Crippen LogP contribution in [0.15, 0.2) is 78.9 Å². The lowest BCUT2D eigenvalue weighted by molar-refractivity contribution is -0.137. The number of fused-ring (bicyclic) bond motifs is 2. The number of piperidine rings is 1. The molecule has 4 amide bonds. The van der Waals surface area contributed by atoms with Gasteiger partial charge in [-0.3, -0.25) is 9.59 Å². The summed E-state index contributed by atoms with van der Waals surface area (Å²) in [5.74, 6) is -0.612. The van der Waals surface area contributed by atoms with Crippen LogP contribution in [0.25, 0.3) is 22.1 Å². The van der Waals surface area contributed by atoms with Crippen LogP contribution in [0.1, 0.15) is 135 Å². The highest BCUT2D eigenvalue weighted by Gasteiger charge is 2.43. The maximum Gasteiger partial charge on any atom is 0.405 e. The quantitative estimate of drug-likeness (QED) is 0.0637. The molecule has 416 valence electrons. The highest BCUT2D eigenvalue weighted by molar-refractivity contribution is 5.87. The lowest BCUT2D eigenvalue weighted by Crippen LogP contribution is -2.52. The van der Waals surface area contributed by atoms with Crippen LogP contribution >= 0.6 is 0 Å². The number of aromatic nitrogens is 4. The molecular weight excluding hydrogens is 1010 g/mol. The number of nitrogens with one attached hydrogen (secondary N) is 4. The summed E-state index contributed by atoms with van der Waals surface area (Å²) in [6, 6.07) is 22.0. The minimum atomic E-state index is -1.24. The zero-order chi connectivity index (χ0) is 54.3. The number of rotatable bonds is 13. The molecule has 2 aromatic heterocycles. The molecule has 6 atom stereocenters. The minimum absolute atomic E-state index is 0.0186. The van der Waals surface area contributed by atoms with E-state index in [1.807, 2.05) is 59.5 Å². The van der Waals surface area contributed by atoms with E-state index in [-0.39, 0.29) is 53.5 Å². The van der Waals surface area contributed by atoms with Gasteiger partial charge in [-0.05, 0) is 148 Å². The van der Waals surface area contributed by atoms with Gasteiger partial charge >= 0.3 is 12.2 Å². The Hall–Kier alpha value is -7.32. The van der Waals surface area contributed by atoms with E-state index < -0.39 is 35.9 Å². The number of carbonyl (C=O) groups is 4. The number of halogens is 2. The number of ether oxygens (including phenoxy) is 2. The van der Waals surface area contributed by atoms with Gasteiger partial charge in [0.15, 0.2) is 11.6 Å². The predicted octanol–water partition coefficient (Wildman–Crippen LogP) is 9.64. The van der Waals surface area contributed by atoms with Crippen molar-refractivity contribution in [3.8, 4) is 0 Å². The second-order valence-electron chi connectivity index (χ2n) is 22.4. The van der Waals surface area contributed by atoms with E-state index in [1.54, 1.807) is 9.80 Å². The van der Waals surface area contributed by atoms with Crippen molar-refractivity contribution < 1.29 is 47.6 Å². The molecule has 6 aromatic rings. The van der Waals surface area contributed by atoms with E-state index in [9.17, 15) is 29.4 Å². The molecule has 0 bridgehead atoms. The van der Waals surface area contributed by atoms with Crippen molar-refractivity contribution in [2.45, 2.75) is 119 Å². The number of H-pyrrole nitrogens is 2. The van der Waals surface area contributed by atoms with E-state index in [0.29, 0.717) is 138 Å². The highest BCUT2D eigenvalue weighted by atomic mass is 19.1. The summed E-state index contributed by atoms with van der Waals surface area (Å²) in [7, 11) is 0. The SMILES string of the molecule is O=C(O)NC(C(=O)N1CCCC1c1nc2ccc([C@H]3CC[C@@H](c4ccc5nc(C6CCCN6C(=O)[C@@H](NC(=O)O)C6CCOCC6)[nH]c5c4)N3c3cc(F)c(N4CCC(c5ccccc5)CC4)c(F)c3)cc2[nH]1)C1CCOCC1. The van der Waals surface area contributed by atoms with Crippen molar-refractivity contribution in [1.82, 2.24) is 40.4 Å². The number of anilines is 2. The normalized spacial score (nSPS) is 23.4. The number of imidazole rings is 2. The third-order valence-corrected chi connectivity index (χ3v) is 17.9. The highest BCUT2D eigenvalue weighted by Crippen LogP contribution is 2.49. The molecule has 20 heteroatoms. The smallest absolute Gasteiger partial charge is 0.405 e. The fourth-order valence-corrected chi connectivity index (χ4v) is 13.9. The summed E-state index contributed by atoms with van der Waals surface area (Å²) in [5, 5.41) is 24.6. The Balaban J connectivity index is 0.849. The lowest BCUT2D eigenvalue weighted by atomic mass is 9.89. The Bertz CT molecular complexity index is 3030. The molecule has 8 heterocycles. The van der Waals surface area contributed by atoms with Crippen LogP contribution in [0, 0.1) is 23.5 Å². The summed E-state index contributed by atoms with van der Waals surface area (Å²) in [5.41, 5.74) is 6.33. The van der Waals surface area contributed by atoms with Gasteiger partial charge in [-0.1, -0.05) is 42.5 Å². The zero-order valence-electron chi connectivity index (χ0n) is 44.1. The molecule has 79 heavy (non-hydrogen) atoms. The average Bonchev–Trinajstić information content (AvgIpc) is 4.37. The van der Waals surface area contributed by atoms with Gasteiger partial charge in [0.05, 0.1) is 46.2 Å². The number of hydrogen-bond donors (Lipinski definition) is 6. The zero-order valence-corrected chi connectivity index (χ0v) is 44.1. The van der Waals surface area contributed by atoms with Gasteiger partial charge in [-0.2, -0.15) is 0 Å². The van der Waals surface area contributed by atoms with Crippen molar-refractivity contribution in [3.63, 3.8) is 0 Å². The third kappa shape index (κ3) is 10.6. The first-order valence-electron chi connectivity index (χ1n) is 28.3. The van der Waals surface area contributed by atoms with E-state index in [4.69, 9.17) is 19.4 Å². The molecule has 6 aliphatic rings.